The second-order valence-electron chi connectivity index (χ2n) is 5.25. The van der Waals surface area contributed by atoms with Gasteiger partial charge in [-0.05, 0) is 33.1 Å². The van der Waals surface area contributed by atoms with Crippen LogP contribution in [0.2, 0.25) is 0 Å². The summed E-state index contributed by atoms with van der Waals surface area (Å²) in [6.45, 7) is 4.67. The van der Waals surface area contributed by atoms with Gasteiger partial charge in [0, 0.05) is 19.6 Å². The number of esters is 1. The minimum atomic E-state index is -1.62. The van der Waals surface area contributed by atoms with Gasteiger partial charge in [0.2, 0.25) is 5.91 Å². The molecule has 0 saturated carbocycles. The highest BCUT2D eigenvalue weighted by Crippen LogP contribution is 2.10. The summed E-state index contributed by atoms with van der Waals surface area (Å²) in [5.74, 6) is -0.696. The first-order valence-electron chi connectivity index (χ1n) is 6.71. The van der Waals surface area contributed by atoms with Crippen LogP contribution in [-0.2, 0) is 14.3 Å². The fraction of sp³-hybridized carbons (Fsp3) is 0.846. The Labute approximate surface area is 114 Å². The first-order chi connectivity index (χ1) is 8.88. The molecule has 0 bridgehead atoms. The van der Waals surface area contributed by atoms with Gasteiger partial charge in [0.05, 0.1) is 13.2 Å². The molecular formula is C13H24N2O4. The van der Waals surface area contributed by atoms with Crippen molar-refractivity contribution in [1.29, 1.82) is 0 Å². The molecule has 1 fully saturated rings. The second-order valence-corrected chi connectivity index (χ2v) is 5.25. The summed E-state index contributed by atoms with van der Waals surface area (Å²) in [5.41, 5.74) is -1.62. The molecule has 0 aliphatic carbocycles. The zero-order valence-electron chi connectivity index (χ0n) is 11.9. The molecule has 2 unspecified atom stereocenters. The fourth-order valence-corrected chi connectivity index (χ4v) is 2.12. The molecule has 1 saturated heterocycles. The summed E-state index contributed by atoms with van der Waals surface area (Å²) in [5, 5.41) is 12.8. The topological polar surface area (TPSA) is 78.9 Å². The van der Waals surface area contributed by atoms with E-state index in [0.29, 0.717) is 0 Å². The third-order valence-electron chi connectivity index (χ3n) is 3.42. The highest BCUT2D eigenvalue weighted by atomic mass is 16.5. The lowest BCUT2D eigenvalue weighted by molar-refractivity contribution is -0.160. The van der Waals surface area contributed by atoms with Crippen molar-refractivity contribution in [2.45, 2.75) is 44.8 Å². The lowest BCUT2D eigenvalue weighted by atomic mass is 10.1. The predicted octanol–water partition coefficient (Wildman–Crippen LogP) is -0.0990. The van der Waals surface area contributed by atoms with Crippen molar-refractivity contribution in [2.24, 2.45) is 0 Å². The highest BCUT2D eigenvalue weighted by molar-refractivity contribution is 5.82. The molecule has 1 heterocycles. The van der Waals surface area contributed by atoms with Crippen molar-refractivity contribution in [3.63, 3.8) is 0 Å². The van der Waals surface area contributed by atoms with Crippen molar-refractivity contribution in [3.05, 3.63) is 0 Å². The van der Waals surface area contributed by atoms with E-state index in [2.05, 4.69) is 10.1 Å². The number of aliphatic hydroxyl groups is 1. The molecule has 1 amide bonds. The Morgan fingerprint density at radius 1 is 1.37 bits per heavy atom. The van der Waals surface area contributed by atoms with Gasteiger partial charge in [0.15, 0.2) is 5.60 Å². The molecule has 6 nitrogen and oxygen atoms in total. The number of nitrogens with zero attached hydrogens (tertiary/aromatic N) is 1. The molecule has 1 rings (SSSR count). The first kappa shape index (κ1) is 15.9. The number of methoxy groups -OCH3 is 1. The van der Waals surface area contributed by atoms with E-state index in [-0.39, 0.29) is 12.5 Å². The Morgan fingerprint density at radius 2 is 1.95 bits per heavy atom. The fourth-order valence-electron chi connectivity index (χ4n) is 2.12. The third kappa shape index (κ3) is 4.47. The molecule has 2 N–H and O–H groups in total. The number of piperidine rings is 1. The van der Waals surface area contributed by atoms with Crippen molar-refractivity contribution in [2.75, 3.05) is 26.7 Å². The van der Waals surface area contributed by atoms with Gasteiger partial charge in [-0.2, -0.15) is 0 Å². The van der Waals surface area contributed by atoms with Crippen LogP contribution in [0.25, 0.3) is 0 Å². The number of nitrogens with one attached hydrogen (secondary N) is 1. The van der Waals surface area contributed by atoms with E-state index in [1.54, 1.807) is 6.92 Å². The maximum Gasteiger partial charge on any atom is 0.338 e. The van der Waals surface area contributed by atoms with Crippen molar-refractivity contribution in [1.82, 2.24) is 10.2 Å². The van der Waals surface area contributed by atoms with Gasteiger partial charge < -0.3 is 20.1 Å². The number of ether oxygens (including phenoxy) is 1. The largest absolute Gasteiger partial charge is 0.467 e. The third-order valence-corrected chi connectivity index (χ3v) is 3.42. The van der Waals surface area contributed by atoms with E-state index < -0.39 is 17.6 Å². The van der Waals surface area contributed by atoms with E-state index in [4.69, 9.17) is 0 Å². The molecule has 0 spiro atoms. The molecule has 0 aromatic rings. The molecule has 1 aliphatic rings. The first-order valence-corrected chi connectivity index (χ1v) is 6.71. The molecular weight excluding hydrogens is 248 g/mol. The standard InChI is InChI=1S/C13H24N2O4/c1-10(11(16)15-7-5-4-6-8-15)14-9-13(2,18)12(17)19-3/h10,14,18H,4-9H2,1-3H3. The quantitative estimate of drug-likeness (QED) is 0.683. The molecule has 0 aromatic heterocycles. The molecule has 2 atom stereocenters. The van der Waals surface area contributed by atoms with Crippen LogP contribution < -0.4 is 5.32 Å². The van der Waals surface area contributed by atoms with Gasteiger partial charge in [-0.15, -0.1) is 0 Å². The van der Waals surface area contributed by atoms with Crippen LogP contribution in [-0.4, -0.2) is 60.3 Å². The number of rotatable bonds is 5. The lowest BCUT2D eigenvalue weighted by Crippen LogP contribution is -2.52. The van der Waals surface area contributed by atoms with E-state index >= 15 is 0 Å². The summed E-state index contributed by atoms with van der Waals surface area (Å²) in [6, 6.07) is -0.422. The summed E-state index contributed by atoms with van der Waals surface area (Å²) in [4.78, 5) is 25.3. The van der Waals surface area contributed by atoms with Gasteiger partial charge in [-0.25, -0.2) is 4.79 Å². The molecule has 0 aromatic carbocycles. The molecule has 0 radical (unpaired) electrons. The maximum absolute atomic E-state index is 12.1. The Hall–Kier alpha value is -1.14. The van der Waals surface area contributed by atoms with Gasteiger partial charge in [0.1, 0.15) is 0 Å². The highest BCUT2D eigenvalue weighted by Gasteiger charge is 2.32. The van der Waals surface area contributed by atoms with E-state index in [0.717, 1.165) is 25.9 Å². The maximum atomic E-state index is 12.1. The number of likely N-dealkylation sites (tertiary alicyclic amines) is 1. The molecule has 19 heavy (non-hydrogen) atoms. The molecule has 110 valence electrons. The summed E-state index contributed by atoms with van der Waals surface area (Å²) in [7, 11) is 1.22. The average Bonchev–Trinajstić information content (AvgIpc) is 2.43. The zero-order valence-corrected chi connectivity index (χ0v) is 11.9. The number of hydrogen-bond donors (Lipinski definition) is 2. The molecule has 6 heteroatoms. The number of carbonyl (C=O) groups is 2. The van der Waals surface area contributed by atoms with Crippen LogP contribution in [0.4, 0.5) is 0 Å². The summed E-state index contributed by atoms with van der Waals surface area (Å²) in [6.07, 6.45) is 3.25. The van der Waals surface area contributed by atoms with Crippen LogP contribution in [0.1, 0.15) is 33.1 Å². The smallest absolute Gasteiger partial charge is 0.338 e. The number of carbonyl (C=O) groups excluding carboxylic acids is 2. The lowest BCUT2D eigenvalue weighted by Gasteiger charge is -2.30. The normalized spacial score (nSPS) is 20.5. The average molecular weight is 272 g/mol. The van der Waals surface area contributed by atoms with Crippen molar-refractivity contribution < 1.29 is 19.4 Å². The minimum absolute atomic E-state index is 0.0135. The van der Waals surface area contributed by atoms with Crippen LogP contribution in [0.5, 0.6) is 0 Å². The van der Waals surface area contributed by atoms with E-state index in [1.807, 2.05) is 4.90 Å². The van der Waals surface area contributed by atoms with E-state index in [9.17, 15) is 14.7 Å². The molecule has 1 aliphatic heterocycles. The van der Waals surface area contributed by atoms with Crippen LogP contribution in [0.3, 0.4) is 0 Å². The van der Waals surface area contributed by atoms with Crippen molar-refractivity contribution in [3.8, 4) is 0 Å². The van der Waals surface area contributed by atoms with Gasteiger partial charge in [-0.3, -0.25) is 4.79 Å². The van der Waals surface area contributed by atoms with E-state index in [1.165, 1.54) is 20.5 Å². The zero-order chi connectivity index (χ0) is 14.5. The van der Waals surface area contributed by atoms with Gasteiger partial charge in [0.25, 0.3) is 0 Å². The van der Waals surface area contributed by atoms with Crippen LogP contribution in [0, 0.1) is 0 Å². The van der Waals surface area contributed by atoms with Gasteiger partial charge >= 0.3 is 5.97 Å². The predicted molar refractivity (Wildman–Crippen MR) is 70.5 cm³/mol. The summed E-state index contributed by atoms with van der Waals surface area (Å²) < 4.78 is 4.50. The minimum Gasteiger partial charge on any atom is -0.467 e. The Balaban J connectivity index is 2.43. The van der Waals surface area contributed by atoms with Gasteiger partial charge in [-0.1, -0.05) is 0 Å². The second kappa shape index (κ2) is 6.86. The number of amides is 1. The Kier molecular flexibility index (Phi) is 5.75. The number of hydrogen-bond acceptors (Lipinski definition) is 5. The van der Waals surface area contributed by atoms with Crippen LogP contribution in [0.15, 0.2) is 0 Å². The summed E-state index contributed by atoms with van der Waals surface area (Å²) >= 11 is 0. The monoisotopic (exact) mass is 272 g/mol. The van der Waals surface area contributed by atoms with Crippen LogP contribution >= 0.6 is 0 Å². The Bertz CT molecular complexity index is 325. The SMILES string of the molecule is COC(=O)C(C)(O)CNC(C)C(=O)N1CCCCC1. The Morgan fingerprint density at radius 3 is 2.47 bits per heavy atom. The van der Waals surface area contributed by atoms with Crippen molar-refractivity contribution >= 4 is 11.9 Å².